The molecule has 0 spiro atoms. The van der Waals surface area contributed by atoms with Gasteiger partial charge in [-0.3, -0.25) is 0 Å². The molecule has 2 aliphatic carbocycles. The molecule has 0 radical (unpaired) electrons. The van der Waals surface area contributed by atoms with Crippen LogP contribution in [-0.4, -0.2) is 0 Å². The maximum absolute atomic E-state index is 6.73. The van der Waals surface area contributed by atoms with Crippen molar-refractivity contribution in [2.24, 2.45) is 5.92 Å². The zero-order valence-electron chi connectivity index (χ0n) is 27.6. The van der Waals surface area contributed by atoms with Crippen LogP contribution in [0, 0.1) is 5.92 Å². The number of nitrogens with zero attached hydrogens (tertiary/aromatic N) is 1. The van der Waals surface area contributed by atoms with E-state index in [1.165, 1.54) is 39.0 Å². The molecule has 232 valence electrons. The van der Waals surface area contributed by atoms with E-state index in [2.05, 4.69) is 171 Å². The van der Waals surface area contributed by atoms with E-state index < -0.39 is 0 Å². The van der Waals surface area contributed by atoms with Gasteiger partial charge in [-0.15, -0.1) is 0 Å². The number of hydrogen-bond acceptors (Lipinski definition) is 2. The van der Waals surface area contributed by atoms with Gasteiger partial charge in [0.25, 0.3) is 0 Å². The van der Waals surface area contributed by atoms with E-state index in [9.17, 15) is 0 Å². The summed E-state index contributed by atoms with van der Waals surface area (Å²) in [7, 11) is 0. The minimum Gasteiger partial charge on any atom is -0.454 e. The summed E-state index contributed by atoms with van der Waals surface area (Å²) in [6.07, 6.45) is 8.02. The van der Waals surface area contributed by atoms with Crippen LogP contribution in [0.2, 0.25) is 0 Å². The van der Waals surface area contributed by atoms with Crippen LogP contribution in [0.5, 0.6) is 0 Å². The molecule has 0 fully saturated rings. The van der Waals surface area contributed by atoms with Crippen LogP contribution < -0.4 is 4.90 Å². The van der Waals surface area contributed by atoms with Gasteiger partial charge in [0, 0.05) is 27.6 Å². The van der Waals surface area contributed by atoms with Gasteiger partial charge in [-0.25, -0.2) is 0 Å². The lowest BCUT2D eigenvalue weighted by molar-refractivity contribution is 0.660. The number of fused-ring (bicyclic) bond motifs is 6. The lowest BCUT2D eigenvalue weighted by Gasteiger charge is -2.28. The number of rotatable bonds is 5. The number of para-hydroxylation sites is 2. The van der Waals surface area contributed by atoms with E-state index >= 15 is 0 Å². The minimum absolute atomic E-state index is 0.108. The number of allylic oxidation sites excluding steroid dienone is 4. The SMILES string of the molecule is CC1C=CC(c2ccc(-c3cc(N(c4ccccc4)c4ccc5c(c4)C(C)(C)c4ccccc4-5)c4oc5ccccc5c4c3)cc2)=CC1. The molecule has 0 saturated heterocycles. The molecule has 0 bridgehead atoms. The van der Waals surface area contributed by atoms with Crippen LogP contribution in [-0.2, 0) is 5.41 Å². The molecular weight excluding hydrogens is 583 g/mol. The molecule has 6 aromatic carbocycles. The Balaban J connectivity index is 1.25. The van der Waals surface area contributed by atoms with E-state index in [4.69, 9.17) is 4.42 Å². The molecular formula is C46H37NO. The second-order valence-corrected chi connectivity index (χ2v) is 13.9. The third-order valence-corrected chi connectivity index (χ3v) is 10.4. The van der Waals surface area contributed by atoms with Crippen LogP contribution >= 0.6 is 0 Å². The predicted molar refractivity (Wildman–Crippen MR) is 202 cm³/mol. The second kappa shape index (κ2) is 11.0. The number of anilines is 3. The van der Waals surface area contributed by atoms with Crippen molar-refractivity contribution in [1.29, 1.82) is 0 Å². The minimum atomic E-state index is -0.108. The Labute approximate surface area is 282 Å². The Morgan fingerprint density at radius 1 is 0.625 bits per heavy atom. The third kappa shape index (κ3) is 4.55. The molecule has 1 heterocycles. The first kappa shape index (κ1) is 28.6. The fraction of sp³-hybridized carbons (Fsp3) is 0.130. The van der Waals surface area contributed by atoms with Gasteiger partial charge in [-0.05, 0) is 99.3 Å². The summed E-state index contributed by atoms with van der Waals surface area (Å²) in [6.45, 7) is 6.95. The molecule has 0 N–H and O–H groups in total. The van der Waals surface area contributed by atoms with Crippen molar-refractivity contribution in [3.8, 4) is 22.3 Å². The van der Waals surface area contributed by atoms with E-state index in [1.807, 2.05) is 6.07 Å². The highest BCUT2D eigenvalue weighted by molar-refractivity contribution is 6.12. The Morgan fingerprint density at radius 2 is 1.35 bits per heavy atom. The normalized spacial score (nSPS) is 16.1. The average Bonchev–Trinajstić information content (AvgIpc) is 3.61. The fourth-order valence-corrected chi connectivity index (χ4v) is 7.77. The van der Waals surface area contributed by atoms with Gasteiger partial charge < -0.3 is 9.32 Å². The molecule has 2 aliphatic rings. The summed E-state index contributed by atoms with van der Waals surface area (Å²) in [5.74, 6) is 0.600. The van der Waals surface area contributed by atoms with Crippen molar-refractivity contribution in [3.05, 3.63) is 168 Å². The van der Waals surface area contributed by atoms with Gasteiger partial charge >= 0.3 is 0 Å². The molecule has 2 nitrogen and oxygen atoms in total. The molecule has 7 aromatic rings. The van der Waals surface area contributed by atoms with Crippen LogP contribution in [0.15, 0.2) is 156 Å². The predicted octanol–water partition coefficient (Wildman–Crippen LogP) is 13.0. The van der Waals surface area contributed by atoms with Crippen LogP contribution in [0.3, 0.4) is 0 Å². The van der Waals surface area contributed by atoms with E-state index in [-0.39, 0.29) is 5.41 Å². The molecule has 1 atom stereocenters. The van der Waals surface area contributed by atoms with Gasteiger partial charge in [-0.1, -0.05) is 130 Å². The van der Waals surface area contributed by atoms with Crippen molar-refractivity contribution in [3.63, 3.8) is 0 Å². The van der Waals surface area contributed by atoms with Gasteiger partial charge in [0.2, 0.25) is 0 Å². The summed E-state index contributed by atoms with van der Waals surface area (Å²) < 4.78 is 6.73. The first-order valence-electron chi connectivity index (χ1n) is 17.0. The van der Waals surface area contributed by atoms with Gasteiger partial charge in [0.15, 0.2) is 5.58 Å². The second-order valence-electron chi connectivity index (χ2n) is 13.9. The average molecular weight is 620 g/mol. The highest BCUT2D eigenvalue weighted by Crippen LogP contribution is 2.51. The van der Waals surface area contributed by atoms with E-state index in [0.29, 0.717) is 5.92 Å². The molecule has 0 saturated carbocycles. The summed E-state index contributed by atoms with van der Waals surface area (Å²) in [6, 6.07) is 48.5. The number of furan rings is 1. The highest BCUT2D eigenvalue weighted by atomic mass is 16.3. The number of benzene rings is 6. The highest BCUT2D eigenvalue weighted by Gasteiger charge is 2.36. The van der Waals surface area contributed by atoms with Crippen LogP contribution in [0.4, 0.5) is 17.1 Å². The Kier molecular flexibility index (Phi) is 6.55. The van der Waals surface area contributed by atoms with Crippen molar-refractivity contribution in [1.82, 2.24) is 0 Å². The first-order chi connectivity index (χ1) is 23.5. The monoisotopic (exact) mass is 619 g/mol. The van der Waals surface area contributed by atoms with Crippen LogP contribution in [0.1, 0.15) is 43.9 Å². The molecule has 9 rings (SSSR count). The Morgan fingerprint density at radius 3 is 2.17 bits per heavy atom. The van der Waals surface area contributed by atoms with Crippen LogP contribution in [0.25, 0.3) is 49.8 Å². The lowest BCUT2D eigenvalue weighted by atomic mass is 9.82. The lowest BCUT2D eigenvalue weighted by Crippen LogP contribution is -2.16. The third-order valence-electron chi connectivity index (χ3n) is 10.4. The van der Waals surface area contributed by atoms with Crippen molar-refractivity contribution < 1.29 is 4.42 Å². The smallest absolute Gasteiger partial charge is 0.159 e. The molecule has 2 heteroatoms. The largest absolute Gasteiger partial charge is 0.454 e. The standard InChI is InChI=1S/C46H37NO/c1-30-17-19-31(20-18-30)32-21-23-33(24-22-32)34-27-40-39-14-8-10-16-44(39)48-45(40)43(28-34)47(35-11-5-4-6-12-35)36-25-26-38-37-13-7-9-15-41(37)46(2,3)42(38)29-36/h4-17,19-30H,18H2,1-3H3. The molecule has 0 aliphatic heterocycles. The molecule has 1 unspecified atom stereocenters. The summed E-state index contributed by atoms with van der Waals surface area (Å²) >= 11 is 0. The van der Waals surface area contributed by atoms with Gasteiger partial charge in [0.1, 0.15) is 5.58 Å². The van der Waals surface area contributed by atoms with Gasteiger partial charge in [-0.2, -0.15) is 0 Å². The van der Waals surface area contributed by atoms with Crippen molar-refractivity contribution in [2.75, 3.05) is 4.90 Å². The summed E-state index contributed by atoms with van der Waals surface area (Å²) in [4.78, 5) is 2.38. The zero-order chi connectivity index (χ0) is 32.4. The quantitative estimate of drug-likeness (QED) is 0.191. The zero-order valence-corrected chi connectivity index (χ0v) is 27.6. The van der Waals surface area contributed by atoms with Gasteiger partial charge in [0.05, 0.1) is 5.69 Å². The summed E-state index contributed by atoms with van der Waals surface area (Å²) in [5.41, 5.74) is 15.1. The Hall–Kier alpha value is -5.60. The maximum atomic E-state index is 6.73. The first-order valence-corrected chi connectivity index (χ1v) is 17.0. The van der Waals surface area contributed by atoms with Crippen molar-refractivity contribution in [2.45, 2.75) is 32.6 Å². The molecule has 48 heavy (non-hydrogen) atoms. The fourth-order valence-electron chi connectivity index (χ4n) is 7.77. The summed E-state index contributed by atoms with van der Waals surface area (Å²) in [5, 5.41) is 2.24. The maximum Gasteiger partial charge on any atom is 0.159 e. The van der Waals surface area contributed by atoms with Crippen molar-refractivity contribution >= 4 is 44.6 Å². The van der Waals surface area contributed by atoms with E-state index in [0.717, 1.165) is 51.0 Å². The van der Waals surface area contributed by atoms with E-state index in [1.54, 1.807) is 0 Å². The topological polar surface area (TPSA) is 16.4 Å². The molecule has 0 amide bonds. The molecule has 1 aromatic heterocycles. The number of hydrogen-bond donors (Lipinski definition) is 0. The Bertz CT molecular complexity index is 2410.